The molecule has 0 radical (unpaired) electrons. The maximum atomic E-state index is 13.0. The van der Waals surface area contributed by atoms with E-state index in [2.05, 4.69) is 0 Å². The fourth-order valence-electron chi connectivity index (χ4n) is 1.58. The molecule has 1 aromatic rings. The van der Waals surface area contributed by atoms with Gasteiger partial charge in [-0.2, -0.15) is 0 Å². The van der Waals surface area contributed by atoms with Gasteiger partial charge in [-0.05, 0) is 30.0 Å². The molecule has 1 aliphatic carbocycles. The summed E-state index contributed by atoms with van der Waals surface area (Å²) in [5.74, 6) is -1.69. The molecular weight excluding hydrogens is 207 g/mol. The Kier molecular flexibility index (Phi) is 2.19. The van der Waals surface area contributed by atoms with Crippen molar-refractivity contribution < 1.29 is 14.3 Å². The molecular formula is C10H8ClFO2. The summed E-state index contributed by atoms with van der Waals surface area (Å²) in [6.07, 6.45) is 0.594. The average molecular weight is 215 g/mol. The second-order valence-corrected chi connectivity index (χ2v) is 3.87. The normalized spacial score (nSPS) is 24.7. The van der Waals surface area contributed by atoms with Crippen molar-refractivity contribution in [3.63, 3.8) is 0 Å². The highest BCUT2D eigenvalue weighted by Crippen LogP contribution is 2.47. The van der Waals surface area contributed by atoms with Gasteiger partial charge in [0.1, 0.15) is 5.82 Å². The molecule has 0 amide bonds. The standard InChI is InChI=1S/C10H8ClFO2/c11-8-2-1-5(3-9(8)12)6-4-7(6)10(13)14/h1-3,6-7H,4H2,(H,13,14)/t6-,7+/m1/s1. The molecule has 1 N–H and O–H groups in total. The van der Waals surface area contributed by atoms with E-state index in [1.807, 2.05) is 0 Å². The van der Waals surface area contributed by atoms with E-state index in [1.165, 1.54) is 12.1 Å². The molecule has 2 nitrogen and oxygen atoms in total. The Hall–Kier alpha value is -1.09. The van der Waals surface area contributed by atoms with E-state index in [1.54, 1.807) is 6.07 Å². The van der Waals surface area contributed by atoms with Crippen molar-refractivity contribution in [3.8, 4) is 0 Å². The zero-order valence-corrected chi connectivity index (χ0v) is 7.96. The van der Waals surface area contributed by atoms with Crippen LogP contribution in [0.4, 0.5) is 4.39 Å². The first-order valence-corrected chi connectivity index (χ1v) is 4.65. The summed E-state index contributed by atoms with van der Waals surface area (Å²) in [6.45, 7) is 0. The molecule has 2 atom stereocenters. The van der Waals surface area contributed by atoms with Gasteiger partial charge in [-0.3, -0.25) is 4.79 Å². The third-order valence-electron chi connectivity index (χ3n) is 2.48. The Morgan fingerprint density at radius 1 is 1.57 bits per heavy atom. The molecule has 0 aliphatic heterocycles. The van der Waals surface area contributed by atoms with E-state index in [-0.39, 0.29) is 16.9 Å². The summed E-state index contributed by atoms with van der Waals surface area (Å²) in [5, 5.41) is 8.76. The molecule has 1 aliphatic rings. The summed E-state index contributed by atoms with van der Waals surface area (Å²) in [6, 6.07) is 4.46. The molecule has 0 saturated heterocycles. The highest BCUT2D eigenvalue weighted by molar-refractivity contribution is 6.30. The first-order chi connectivity index (χ1) is 6.59. The van der Waals surface area contributed by atoms with Crippen molar-refractivity contribution in [1.29, 1.82) is 0 Å². The number of hydrogen-bond donors (Lipinski definition) is 1. The number of benzene rings is 1. The average Bonchev–Trinajstić information content (AvgIpc) is 2.89. The van der Waals surface area contributed by atoms with Gasteiger partial charge < -0.3 is 5.11 Å². The van der Waals surface area contributed by atoms with E-state index in [4.69, 9.17) is 16.7 Å². The fraction of sp³-hybridized carbons (Fsp3) is 0.300. The van der Waals surface area contributed by atoms with Crippen LogP contribution in [-0.4, -0.2) is 11.1 Å². The van der Waals surface area contributed by atoms with Gasteiger partial charge >= 0.3 is 5.97 Å². The highest BCUT2D eigenvalue weighted by Gasteiger charge is 2.44. The Labute approximate surface area is 85.3 Å². The summed E-state index contributed by atoms with van der Waals surface area (Å²) in [7, 11) is 0. The van der Waals surface area contributed by atoms with Crippen LogP contribution >= 0.6 is 11.6 Å². The zero-order chi connectivity index (χ0) is 10.3. The predicted octanol–water partition coefficient (Wildman–Crippen LogP) is 2.67. The lowest BCUT2D eigenvalue weighted by molar-refractivity contribution is -0.138. The van der Waals surface area contributed by atoms with Gasteiger partial charge in [0, 0.05) is 0 Å². The number of hydrogen-bond acceptors (Lipinski definition) is 1. The topological polar surface area (TPSA) is 37.3 Å². The van der Waals surface area contributed by atoms with Crippen LogP contribution in [0.1, 0.15) is 17.9 Å². The smallest absolute Gasteiger partial charge is 0.307 e. The van der Waals surface area contributed by atoms with Crippen molar-refractivity contribution in [2.45, 2.75) is 12.3 Å². The van der Waals surface area contributed by atoms with Crippen molar-refractivity contribution in [3.05, 3.63) is 34.6 Å². The Bertz CT molecular complexity index is 392. The number of halogens is 2. The lowest BCUT2D eigenvalue weighted by atomic mass is 10.1. The minimum absolute atomic E-state index is 0.0423. The van der Waals surface area contributed by atoms with Crippen LogP contribution in [0.3, 0.4) is 0 Å². The van der Waals surface area contributed by atoms with Crippen LogP contribution in [0.5, 0.6) is 0 Å². The van der Waals surface area contributed by atoms with Gasteiger partial charge in [0.05, 0.1) is 10.9 Å². The van der Waals surface area contributed by atoms with Crippen molar-refractivity contribution in [1.82, 2.24) is 0 Å². The van der Waals surface area contributed by atoms with Crippen molar-refractivity contribution in [2.75, 3.05) is 0 Å². The molecule has 74 valence electrons. The number of carboxylic acid groups (broad SMARTS) is 1. The Balaban J connectivity index is 2.20. The third kappa shape index (κ3) is 1.60. The van der Waals surface area contributed by atoms with E-state index in [0.717, 1.165) is 5.56 Å². The first kappa shape index (κ1) is 9.46. The Morgan fingerprint density at radius 3 is 2.79 bits per heavy atom. The lowest BCUT2D eigenvalue weighted by Gasteiger charge is -1.99. The molecule has 2 rings (SSSR count). The van der Waals surface area contributed by atoms with E-state index >= 15 is 0 Å². The van der Waals surface area contributed by atoms with Gasteiger partial charge in [-0.25, -0.2) is 4.39 Å². The van der Waals surface area contributed by atoms with E-state index in [9.17, 15) is 9.18 Å². The molecule has 1 fully saturated rings. The van der Waals surface area contributed by atoms with E-state index in [0.29, 0.717) is 6.42 Å². The number of rotatable bonds is 2. The molecule has 0 unspecified atom stereocenters. The third-order valence-corrected chi connectivity index (χ3v) is 2.79. The van der Waals surface area contributed by atoms with Crippen molar-refractivity contribution >= 4 is 17.6 Å². The van der Waals surface area contributed by atoms with Crippen LogP contribution in [-0.2, 0) is 4.79 Å². The Morgan fingerprint density at radius 2 is 2.29 bits per heavy atom. The maximum Gasteiger partial charge on any atom is 0.307 e. The number of carboxylic acids is 1. The van der Waals surface area contributed by atoms with Crippen LogP contribution in [0.15, 0.2) is 18.2 Å². The molecule has 0 heterocycles. The second kappa shape index (κ2) is 3.24. The largest absolute Gasteiger partial charge is 0.481 e. The van der Waals surface area contributed by atoms with Crippen LogP contribution in [0.25, 0.3) is 0 Å². The SMILES string of the molecule is O=C(O)[C@H]1C[C@@H]1c1ccc(Cl)c(F)c1. The fourth-order valence-corrected chi connectivity index (χ4v) is 1.70. The molecule has 0 aromatic heterocycles. The molecule has 4 heteroatoms. The lowest BCUT2D eigenvalue weighted by Crippen LogP contribution is -1.99. The number of carbonyl (C=O) groups is 1. The van der Waals surface area contributed by atoms with Crippen LogP contribution in [0, 0.1) is 11.7 Å². The van der Waals surface area contributed by atoms with Crippen LogP contribution < -0.4 is 0 Å². The second-order valence-electron chi connectivity index (χ2n) is 3.46. The molecule has 1 aromatic carbocycles. The van der Waals surface area contributed by atoms with Gasteiger partial charge in [0.2, 0.25) is 0 Å². The van der Waals surface area contributed by atoms with Gasteiger partial charge in [0.25, 0.3) is 0 Å². The van der Waals surface area contributed by atoms with Gasteiger partial charge in [-0.1, -0.05) is 17.7 Å². The first-order valence-electron chi connectivity index (χ1n) is 4.27. The minimum atomic E-state index is -0.814. The maximum absolute atomic E-state index is 13.0. The summed E-state index contributed by atoms with van der Waals surface area (Å²) < 4.78 is 13.0. The molecule has 0 bridgehead atoms. The molecule has 1 saturated carbocycles. The number of aliphatic carboxylic acids is 1. The van der Waals surface area contributed by atoms with E-state index < -0.39 is 11.8 Å². The van der Waals surface area contributed by atoms with Crippen LogP contribution in [0.2, 0.25) is 5.02 Å². The molecule has 14 heavy (non-hydrogen) atoms. The summed E-state index contributed by atoms with van der Waals surface area (Å²) in [5.41, 5.74) is 0.722. The van der Waals surface area contributed by atoms with Gasteiger partial charge in [-0.15, -0.1) is 0 Å². The monoisotopic (exact) mass is 214 g/mol. The quantitative estimate of drug-likeness (QED) is 0.822. The molecule has 0 spiro atoms. The highest BCUT2D eigenvalue weighted by atomic mass is 35.5. The van der Waals surface area contributed by atoms with Gasteiger partial charge in [0.15, 0.2) is 0 Å². The van der Waals surface area contributed by atoms with Crippen molar-refractivity contribution in [2.24, 2.45) is 5.92 Å². The summed E-state index contributed by atoms with van der Waals surface area (Å²) >= 11 is 5.51. The summed E-state index contributed by atoms with van der Waals surface area (Å²) in [4.78, 5) is 10.6. The predicted molar refractivity (Wildman–Crippen MR) is 49.9 cm³/mol. The minimum Gasteiger partial charge on any atom is -0.481 e. The zero-order valence-electron chi connectivity index (χ0n) is 7.21.